The lowest BCUT2D eigenvalue weighted by Crippen LogP contribution is -2.52. The first-order chi connectivity index (χ1) is 9.63. The van der Waals surface area contributed by atoms with Crippen molar-refractivity contribution >= 4 is 0 Å². The van der Waals surface area contributed by atoms with Crippen molar-refractivity contribution < 1.29 is 4.74 Å². The van der Waals surface area contributed by atoms with Gasteiger partial charge in [-0.3, -0.25) is 4.90 Å². The molecule has 0 aromatic heterocycles. The second-order valence-electron chi connectivity index (χ2n) is 5.68. The van der Waals surface area contributed by atoms with Gasteiger partial charge in [-0.05, 0) is 31.2 Å². The van der Waals surface area contributed by atoms with Gasteiger partial charge in [0.2, 0.25) is 0 Å². The van der Waals surface area contributed by atoms with E-state index in [9.17, 15) is 0 Å². The fourth-order valence-electron chi connectivity index (χ4n) is 2.85. The van der Waals surface area contributed by atoms with E-state index in [1.807, 2.05) is 12.1 Å². The molecule has 1 heterocycles. The first kappa shape index (κ1) is 15.3. The number of ether oxygens (including phenoxy) is 1. The first-order valence-electron chi connectivity index (χ1n) is 7.46. The van der Waals surface area contributed by atoms with Gasteiger partial charge in [0, 0.05) is 38.3 Å². The predicted molar refractivity (Wildman–Crippen MR) is 83.1 cm³/mol. The smallest absolute Gasteiger partial charge is 0.118 e. The number of nitrogens with zero attached hydrogens (tertiary/aromatic N) is 2. The lowest BCUT2D eigenvalue weighted by atomic mass is 10.1. The molecule has 2 N–H and O–H groups in total. The molecular formula is C16H27N3O. The van der Waals surface area contributed by atoms with E-state index in [-0.39, 0.29) is 6.04 Å². The van der Waals surface area contributed by atoms with Crippen molar-refractivity contribution in [1.29, 1.82) is 0 Å². The molecule has 1 fully saturated rings. The number of hydrogen-bond acceptors (Lipinski definition) is 4. The zero-order valence-electron chi connectivity index (χ0n) is 12.9. The molecule has 1 aliphatic rings. The Morgan fingerprint density at radius 2 is 2.00 bits per heavy atom. The molecular weight excluding hydrogens is 250 g/mol. The second-order valence-corrected chi connectivity index (χ2v) is 5.68. The number of benzene rings is 1. The van der Waals surface area contributed by atoms with Gasteiger partial charge in [0.1, 0.15) is 5.75 Å². The van der Waals surface area contributed by atoms with Crippen LogP contribution in [0.15, 0.2) is 24.3 Å². The summed E-state index contributed by atoms with van der Waals surface area (Å²) in [4.78, 5) is 4.94. The molecule has 4 nitrogen and oxygen atoms in total. The summed E-state index contributed by atoms with van der Waals surface area (Å²) in [6, 6.07) is 8.82. The Kier molecular flexibility index (Phi) is 5.40. The van der Waals surface area contributed by atoms with E-state index in [0.717, 1.165) is 31.9 Å². The highest BCUT2D eigenvalue weighted by molar-refractivity contribution is 5.29. The van der Waals surface area contributed by atoms with Crippen molar-refractivity contribution in [2.75, 3.05) is 40.3 Å². The summed E-state index contributed by atoms with van der Waals surface area (Å²) < 4.78 is 5.18. The largest absolute Gasteiger partial charge is 0.497 e. The van der Waals surface area contributed by atoms with Crippen LogP contribution in [0.5, 0.6) is 5.75 Å². The van der Waals surface area contributed by atoms with Crippen LogP contribution in [-0.4, -0.2) is 56.2 Å². The molecule has 0 aliphatic carbocycles. The zero-order valence-corrected chi connectivity index (χ0v) is 12.9. The molecule has 2 rings (SSSR count). The Morgan fingerprint density at radius 1 is 1.30 bits per heavy atom. The molecule has 0 spiro atoms. The molecule has 2 unspecified atom stereocenters. The van der Waals surface area contributed by atoms with Gasteiger partial charge in [-0.25, -0.2) is 0 Å². The van der Waals surface area contributed by atoms with E-state index in [1.165, 1.54) is 12.0 Å². The van der Waals surface area contributed by atoms with E-state index in [4.69, 9.17) is 10.5 Å². The lowest BCUT2D eigenvalue weighted by Gasteiger charge is -2.40. The number of rotatable bonds is 5. The van der Waals surface area contributed by atoms with E-state index >= 15 is 0 Å². The first-order valence-corrected chi connectivity index (χ1v) is 7.46. The second kappa shape index (κ2) is 7.07. The van der Waals surface area contributed by atoms with Crippen LogP contribution in [0.25, 0.3) is 0 Å². The Morgan fingerprint density at radius 3 is 2.60 bits per heavy atom. The summed E-state index contributed by atoms with van der Waals surface area (Å²) in [5.74, 6) is 0.881. The van der Waals surface area contributed by atoms with Crippen molar-refractivity contribution in [3.63, 3.8) is 0 Å². The zero-order chi connectivity index (χ0) is 14.5. The number of hydrogen-bond donors (Lipinski definition) is 1. The van der Waals surface area contributed by atoms with Crippen LogP contribution < -0.4 is 10.5 Å². The van der Waals surface area contributed by atoms with Crippen LogP contribution >= 0.6 is 0 Å². The van der Waals surface area contributed by atoms with Gasteiger partial charge in [-0.15, -0.1) is 0 Å². The van der Waals surface area contributed by atoms with Crippen LogP contribution in [0.4, 0.5) is 0 Å². The number of nitrogens with two attached hydrogens (primary N) is 1. The Balaban J connectivity index is 1.91. The molecule has 0 bridgehead atoms. The molecule has 0 radical (unpaired) electrons. The van der Waals surface area contributed by atoms with Crippen LogP contribution in [0, 0.1) is 0 Å². The highest BCUT2D eigenvalue weighted by Gasteiger charge is 2.24. The maximum atomic E-state index is 6.34. The summed E-state index contributed by atoms with van der Waals surface area (Å²) >= 11 is 0. The van der Waals surface area contributed by atoms with E-state index in [0.29, 0.717) is 6.04 Å². The fourth-order valence-corrected chi connectivity index (χ4v) is 2.85. The van der Waals surface area contributed by atoms with E-state index in [2.05, 4.69) is 35.9 Å². The minimum Gasteiger partial charge on any atom is -0.497 e. The van der Waals surface area contributed by atoms with Gasteiger partial charge in [0.25, 0.3) is 0 Å². The Bertz CT molecular complexity index is 407. The maximum absolute atomic E-state index is 6.34. The van der Waals surface area contributed by atoms with Crippen molar-refractivity contribution in [3.05, 3.63) is 29.8 Å². The van der Waals surface area contributed by atoms with Crippen LogP contribution in [0.2, 0.25) is 0 Å². The van der Waals surface area contributed by atoms with Gasteiger partial charge >= 0.3 is 0 Å². The monoisotopic (exact) mass is 277 g/mol. The molecule has 1 aliphatic heterocycles. The topological polar surface area (TPSA) is 41.7 Å². The Labute approximate surface area is 122 Å². The summed E-state index contributed by atoms with van der Waals surface area (Å²) in [6.45, 7) is 6.55. The number of piperazine rings is 1. The van der Waals surface area contributed by atoms with Gasteiger partial charge in [-0.1, -0.05) is 19.1 Å². The molecule has 20 heavy (non-hydrogen) atoms. The average Bonchev–Trinajstić information content (AvgIpc) is 2.49. The van der Waals surface area contributed by atoms with Crippen LogP contribution in [0.3, 0.4) is 0 Å². The van der Waals surface area contributed by atoms with Crippen molar-refractivity contribution in [3.8, 4) is 5.75 Å². The third-order valence-corrected chi connectivity index (χ3v) is 4.33. The SMILES string of the molecule is CCC1CN(CC(N)c2ccc(OC)cc2)CCN1C. The molecule has 1 aromatic rings. The normalized spacial score (nSPS) is 22.7. The predicted octanol–water partition coefficient (Wildman–Crippen LogP) is 1.72. The van der Waals surface area contributed by atoms with Crippen molar-refractivity contribution in [2.24, 2.45) is 5.73 Å². The van der Waals surface area contributed by atoms with Crippen LogP contribution in [-0.2, 0) is 0 Å². The summed E-state index contributed by atoms with van der Waals surface area (Å²) in [7, 11) is 3.90. The minimum absolute atomic E-state index is 0.0711. The van der Waals surface area contributed by atoms with E-state index < -0.39 is 0 Å². The van der Waals surface area contributed by atoms with E-state index in [1.54, 1.807) is 7.11 Å². The van der Waals surface area contributed by atoms with Crippen molar-refractivity contribution in [2.45, 2.75) is 25.4 Å². The minimum atomic E-state index is 0.0711. The Hall–Kier alpha value is -1.10. The fraction of sp³-hybridized carbons (Fsp3) is 0.625. The lowest BCUT2D eigenvalue weighted by molar-refractivity contribution is 0.0890. The van der Waals surface area contributed by atoms with Crippen LogP contribution in [0.1, 0.15) is 24.9 Å². The third kappa shape index (κ3) is 3.72. The molecule has 2 atom stereocenters. The molecule has 4 heteroatoms. The standard InChI is InChI=1S/C16H27N3O/c1-4-14-11-19(10-9-18(14)2)12-16(17)13-5-7-15(20-3)8-6-13/h5-8,14,16H,4,9-12,17H2,1-3H3. The molecule has 112 valence electrons. The van der Waals surface area contributed by atoms with Gasteiger partial charge in [0.05, 0.1) is 7.11 Å². The molecule has 0 amide bonds. The van der Waals surface area contributed by atoms with Gasteiger partial charge < -0.3 is 15.4 Å². The highest BCUT2D eigenvalue weighted by atomic mass is 16.5. The van der Waals surface area contributed by atoms with Crippen molar-refractivity contribution in [1.82, 2.24) is 9.80 Å². The maximum Gasteiger partial charge on any atom is 0.118 e. The quantitative estimate of drug-likeness (QED) is 0.890. The number of likely N-dealkylation sites (N-methyl/N-ethyl adjacent to an activating group) is 1. The highest BCUT2D eigenvalue weighted by Crippen LogP contribution is 2.18. The third-order valence-electron chi connectivity index (χ3n) is 4.33. The summed E-state index contributed by atoms with van der Waals surface area (Å²) in [5.41, 5.74) is 7.52. The molecule has 0 saturated carbocycles. The molecule has 1 saturated heterocycles. The molecule has 1 aromatic carbocycles. The average molecular weight is 277 g/mol. The van der Waals surface area contributed by atoms with Gasteiger partial charge in [-0.2, -0.15) is 0 Å². The van der Waals surface area contributed by atoms with Gasteiger partial charge in [0.15, 0.2) is 0 Å². The summed E-state index contributed by atoms with van der Waals surface area (Å²) in [5, 5.41) is 0. The number of methoxy groups -OCH3 is 1. The summed E-state index contributed by atoms with van der Waals surface area (Å²) in [6.07, 6.45) is 1.20.